The number of ether oxygens (including phenoxy) is 3. The molecule has 0 aliphatic heterocycles. The van der Waals surface area contributed by atoms with Crippen LogP contribution < -0.4 is 14.2 Å². The van der Waals surface area contributed by atoms with Gasteiger partial charge in [-0.05, 0) is 19.1 Å². The van der Waals surface area contributed by atoms with Gasteiger partial charge in [0.05, 0.1) is 50.2 Å². The summed E-state index contributed by atoms with van der Waals surface area (Å²) in [6.45, 7) is 1.71. The van der Waals surface area contributed by atoms with Crippen molar-refractivity contribution >= 4 is 5.69 Å². The molecule has 0 saturated heterocycles. The van der Waals surface area contributed by atoms with Crippen LogP contribution in [0.4, 0.5) is 5.69 Å². The Kier molecular flexibility index (Phi) is 4.98. The zero-order chi connectivity index (χ0) is 19.6. The van der Waals surface area contributed by atoms with Gasteiger partial charge < -0.3 is 14.2 Å². The molecule has 0 aliphatic carbocycles. The third-order valence-corrected chi connectivity index (χ3v) is 4.26. The Hall–Kier alpha value is -3.55. The van der Waals surface area contributed by atoms with Crippen molar-refractivity contribution in [1.82, 2.24) is 9.55 Å². The van der Waals surface area contributed by atoms with Crippen LogP contribution in [0.25, 0.3) is 16.9 Å². The van der Waals surface area contributed by atoms with Crippen molar-refractivity contribution in [1.29, 1.82) is 0 Å². The quantitative estimate of drug-likeness (QED) is 0.485. The van der Waals surface area contributed by atoms with E-state index in [9.17, 15) is 10.1 Å². The SMILES string of the molecule is COc1cc(-n2cncc2-c2ccc([N+](=O)[O-])c(C)c2)cc(OC)c1OC. The lowest BCUT2D eigenvalue weighted by atomic mass is 10.1. The summed E-state index contributed by atoms with van der Waals surface area (Å²) >= 11 is 0. The van der Waals surface area contributed by atoms with Crippen molar-refractivity contribution in [2.75, 3.05) is 21.3 Å². The molecule has 8 nitrogen and oxygen atoms in total. The fraction of sp³-hybridized carbons (Fsp3) is 0.211. The number of aromatic nitrogens is 2. The van der Waals surface area contributed by atoms with Gasteiger partial charge in [0.2, 0.25) is 5.75 Å². The maximum absolute atomic E-state index is 11.1. The molecule has 8 heteroatoms. The molecule has 0 fully saturated rings. The van der Waals surface area contributed by atoms with Crippen LogP contribution in [-0.4, -0.2) is 35.8 Å². The summed E-state index contributed by atoms with van der Waals surface area (Å²) in [6.07, 6.45) is 3.36. The van der Waals surface area contributed by atoms with Gasteiger partial charge in [-0.3, -0.25) is 14.7 Å². The summed E-state index contributed by atoms with van der Waals surface area (Å²) in [6, 6.07) is 8.59. The first-order valence-corrected chi connectivity index (χ1v) is 8.08. The highest BCUT2D eigenvalue weighted by atomic mass is 16.6. The van der Waals surface area contributed by atoms with Gasteiger partial charge in [-0.1, -0.05) is 0 Å². The largest absolute Gasteiger partial charge is 0.493 e. The molecule has 0 amide bonds. The van der Waals surface area contributed by atoms with Crippen LogP contribution in [0.5, 0.6) is 17.2 Å². The Balaban J connectivity index is 2.13. The van der Waals surface area contributed by atoms with E-state index in [0.717, 1.165) is 16.9 Å². The molecule has 0 atom stereocenters. The topological polar surface area (TPSA) is 88.7 Å². The van der Waals surface area contributed by atoms with Crippen LogP contribution >= 0.6 is 0 Å². The van der Waals surface area contributed by atoms with Gasteiger partial charge in [-0.15, -0.1) is 0 Å². The molecule has 1 aromatic heterocycles. The minimum Gasteiger partial charge on any atom is -0.493 e. The molecular formula is C19H19N3O5. The molecule has 0 aliphatic rings. The van der Waals surface area contributed by atoms with Crippen molar-refractivity contribution in [3.63, 3.8) is 0 Å². The van der Waals surface area contributed by atoms with Gasteiger partial charge in [0.15, 0.2) is 11.5 Å². The second kappa shape index (κ2) is 7.36. The predicted molar refractivity (Wildman–Crippen MR) is 100 cm³/mol. The molecule has 140 valence electrons. The van der Waals surface area contributed by atoms with Crippen molar-refractivity contribution in [3.05, 3.63) is 58.5 Å². The van der Waals surface area contributed by atoms with Crippen LogP contribution in [0.15, 0.2) is 42.9 Å². The van der Waals surface area contributed by atoms with E-state index >= 15 is 0 Å². The molecule has 0 saturated carbocycles. The molecule has 2 aromatic carbocycles. The molecule has 0 bridgehead atoms. The van der Waals surface area contributed by atoms with E-state index in [0.29, 0.717) is 22.8 Å². The summed E-state index contributed by atoms with van der Waals surface area (Å²) in [5.41, 5.74) is 3.01. The Labute approximate surface area is 156 Å². The Morgan fingerprint density at radius 3 is 2.22 bits per heavy atom. The van der Waals surface area contributed by atoms with E-state index in [1.54, 1.807) is 52.9 Å². The van der Waals surface area contributed by atoms with Crippen molar-refractivity contribution < 1.29 is 19.1 Å². The monoisotopic (exact) mass is 369 g/mol. The maximum atomic E-state index is 11.1. The lowest BCUT2D eigenvalue weighted by molar-refractivity contribution is -0.385. The van der Waals surface area contributed by atoms with Crippen LogP contribution in [0.2, 0.25) is 0 Å². The van der Waals surface area contributed by atoms with E-state index in [2.05, 4.69) is 4.98 Å². The van der Waals surface area contributed by atoms with E-state index < -0.39 is 4.92 Å². The molecule has 0 radical (unpaired) electrons. The zero-order valence-electron chi connectivity index (χ0n) is 15.4. The van der Waals surface area contributed by atoms with Crippen molar-refractivity contribution in [3.8, 4) is 34.2 Å². The molecular weight excluding hydrogens is 350 g/mol. The van der Waals surface area contributed by atoms with Crippen LogP contribution in [0, 0.1) is 17.0 Å². The second-order valence-corrected chi connectivity index (χ2v) is 5.79. The molecule has 3 rings (SSSR count). The number of benzene rings is 2. The van der Waals surface area contributed by atoms with E-state index in [4.69, 9.17) is 14.2 Å². The summed E-state index contributed by atoms with van der Waals surface area (Å²) in [4.78, 5) is 14.9. The van der Waals surface area contributed by atoms with E-state index in [-0.39, 0.29) is 5.69 Å². The fourth-order valence-electron chi connectivity index (χ4n) is 2.94. The molecule has 0 N–H and O–H groups in total. The first kappa shape index (κ1) is 18.2. The van der Waals surface area contributed by atoms with E-state index in [1.807, 2.05) is 16.7 Å². The highest BCUT2D eigenvalue weighted by molar-refractivity contribution is 5.67. The molecule has 1 heterocycles. The molecule has 0 unspecified atom stereocenters. The van der Waals surface area contributed by atoms with Gasteiger partial charge in [0.1, 0.15) is 0 Å². The third kappa shape index (κ3) is 3.29. The molecule has 0 spiro atoms. The van der Waals surface area contributed by atoms with Gasteiger partial charge in [-0.2, -0.15) is 0 Å². The number of hydrogen-bond acceptors (Lipinski definition) is 6. The highest BCUT2D eigenvalue weighted by Crippen LogP contribution is 2.40. The highest BCUT2D eigenvalue weighted by Gasteiger charge is 2.17. The van der Waals surface area contributed by atoms with Gasteiger partial charge in [0, 0.05) is 29.3 Å². The first-order chi connectivity index (χ1) is 13.0. The normalized spacial score (nSPS) is 10.5. The molecule has 3 aromatic rings. The van der Waals surface area contributed by atoms with Gasteiger partial charge in [-0.25, -0.2) is 4.98 Å². The average Bonchev–Trinajstić information content (AvgIpc) is 3.16. The van der Waals surface area contributed by atoms with E-state index in [1.165, 1.54) is 6.07 Å². The third-order valence-electron chi connectivity index (χ3n) is 4.26. The molecule has 27 heavy (non-hydrogen) atoms. The number of hydrogen-bond donors (Lipinski definition) is 0. The maximum Gasteiger partial charge on any atom is 0.272 e. The number of methoxy groups -OCH3 is 3. The number of rotatable bonds is 6. The number of nitro benzene ring substituents is 1. The van der Waals surface area contributed by atoms with Crippen LogP contribution in [0.1, 0.15) is 5.56 Å². The Morgan fingerprint density at radius 2 is 1.70 bits per heavy atom. The Morgan fingerprint density at radius 1 is 1.04 bits per heavy atom. The number of nitro groups is 1. The van der Waals surface area contributed by atoms with Crippen molar-refractivity contribution in [2.45, 2.75) is 6.92 Å². The number of imidazole rings is 1. The lowest BCUT2D eigenvalue weighted by Gasteiger charge is -2.16. The lowest BCUT2D eigenvalue weighted by Crippen LogP contribution is -2.00. The van der Waals surface area contributed by atoms with Gasteiger partial charge in [0.25, 0.3) is 5.69 Å². The minimum absolute atomic E-state index is 0.0811. The minimum atomic E-state index is -0.393. The van der Waals surface area contributed by atoms with Crippen molar-refractivity contribution in [2.24, 2.45) is 0 Å². The summed E-state index contributed by atoms with van der Waals surface area (Å²) < 4.78 is 18.0. The summed E-state index contributed by atoms with van der Waals surface area (Å²) in [5, 5.41) is 11.1. The smallest absolute Gasteiger partial charge is 0.272 e. The van der Waals surface area contributed by atoms with Gasteiger partial charge >= 0.3 is 0 Å². The van der Waals surface area contributed by atoms with Crippen LogP contribution in [0.3, 0.4) is 0 Å². The average molecular weight is 369 g/mol. The second-order valence-electron chi connectivity index (χ2n) is 5.79. The Bertz CT molecular complexity index is 972. The predicted octanol–water partition coefficient (Wildman–Crippen LogP) is 3.78. The first-order valence-electron chi connectivity index (χ1n) is 8.08. The summed E-state index contributed by atoms with van der Waals surface area (Å²) in [7, 11) is 4.65. The summed E-state index contributed by atoms with van der Waals surface area (Å²) in [5.74, 6) is 1.54. The fourth-order valence-corrected chi connectivity index (χ4v) is 2.94. The number of aryl methyl sites for hydroxylation is 1. The standard InChI is InChI=1S/C19H19N3O5/c1-12-7-13(5-6-15(12)22(23)24)16-10-20-11-21(16)14-8-17(25-2)19(27-4)18(9-14)26-3/h5-11H,1-4H3. The van der Waals surface area contributed by atoms with Crippen LogP contribution in [-0.2, 0) is 0 Å². The number of nitrogens with zero attached hydrogens (tertiary/aromatic N) is 3. The zero-order valence-corrected chi connectivity index (χ0v) is 15.4.